The van der Waals surface area contributed by atoms with Crippen LogP contribution in [0.4, 0.5) is 4.39 Å². The Labute approximate surface area is 55.3 Å². The molecular formula is C5H3FN4. The van der Waals surface area contributed by atoms with Crippen molar-refractivity contribution in [1.29, 1.82) is 0 Å². The van der Waals surface area contributed by atoms with Gasteiger partial charge in [-0.05, 0) is 0 Å². The van der Waals surface area contributed by atoms with Crippen molar-refractivity contribution < 1.29 is 4.39 Å². The van der Waals surface area contributed by atoms with Gasteiger partial charge in [-0.3, -0.25) is 0 Å². The molecule has 0 atom stereocenters. The fourth-order valence-electron chi connectivity index (χ4n) is 0.718. The molecule has 5 heteroatoms. The predicted octanol–water partition coefficient (Wildman–Crippen LogP) is 0.263. The highest BCUT2D eigenvalue weighted by molar-refractivity contribution is 5.32. The van der Waals surface area contributed by atoms with Gasteiger partial charge in [-0.15, -0.1) is 5.10 Å². The van der Waals surface area contributed by atoms with Crippen LogP contribution in [0.1, 0.15) is 0 Å². The minimum absolute atomic E-state index is 0.465. The molecule has 2 aromatic heterocycles. The lowest BCUT2D eigenvalue weighted by atomic mass is 10.6. The van der Waals surface area contributed by atoms with Gasteiger partial charge in [-0.1, -0.05) is 0 Å². The molecule has 0 saturated heterocycles. The Morgan fingerprint density at radius 3 is 3.20 bits per heavy atom. The fourth-order valence-corrected chi connectivity index (χ4v) is 0.718. The van der Waals surface area contributed by atoms with Gasteiger partial charge in [0.15, 0.2) is 5.65 Å². The highest BCUT2D eigenvalue weighted by Gasteiger charge is 1.98. The molecule has 2 rings (SSSR count). The van der Waals surface area contributed by atoms with E-state index in [9.17, 15) is 4.39 Å². The molecule has 4 nitrogen and oxygen atoms in total. The summed E-state index contributed by atoms with van der Waals surface area (Å²) in [6.07, 6.45) is 2.20. The first kappa shape index (κ1) is 5.28. The zero-order valence-electron chi connectivity index (χ0n) is 4.90. The van der Waals surface area contributed by atoms with Crippen LogP contribution in [0.25, 0.3) is 5.65 Å². The Hall–Kier alpha value is -1.52. The van der Waals surface area contributed by atoms with Crippen LogP contribution in [0.5, 0.6) is 0 Å². The highest BCUT2D eigenvalue weighted by Crippen LogP contribution is 1.95. The van der Waals surface area contributed by atoms with E-state index in [1.807, 2.05) is 0 Å². The van der Waals surface area contributed by atoms with Gasteiger partial charge < -0.3 is 0 Å². The van der Waals surface area contributed by atoms with Crippen molar-refractivity contribution in [1.82, 2.24) is 19.6 Å². The summed E-state index contributed by atoms with van der Waals surface area (Å²) in [6, 6.07) is 1.58. The van der Waals surface area contributed by atoms with Crippen LogP contribution in [0.3, 0.4) is 0 Å². The average molecular weight is 138 g/mol. The molecule has 0 unspecified atom stereocenters. The summed E-state index contributed by atoms with van der Waals surface area (Å²) in [7, 11) is 0. The van der Waals surface area contributed by atoms with Crippen molar-refractivity contribution in [3.63, 3.8) is 0 Å². The minimum Gasteiger partial charge on any atom is -0.245 e. The lowest BCUT2D eigenvalue weighted by Crippen LogP contribution is -1.86. The fraction of sp³-hybridized carbons (Fsp3) is 0. The monoisotopic (exact) mass is 138 g/mol. The number of halogens is 1. The van der Waals surface area contributed by atoms with Crippen LogP contribution in [0.15, 0.2) is 18.6 Å². The number of fused-ring (bicyclic) bond motifs is 1. The smallest absolute Gasteiger partial charge is 0.245 e. The van der Waals surface area contributed by atoms with Gasteiger partial charge in [0.2, 0.25) is 0 Å². The van der Waals surface area contributed by atoms with E-state index < -0.39 is 6.08 Å². The van der Waals surface area contributed by atoms with Gasteiger partial charge in [0.1, 0.15) is 6.33 Å². The van der Waals surface area contributed by atoms with E-state index in [4.69, 9.17) is 0 Å². The van der Waals surface area contributed by atoms with Gasteiger partial charge in [0, 0.05) is 12.3 Å². The van der Waals surface area contributed by atoms with Crippen molar-refractivity contribution in [2.75, 3.05) is 0 Å². The quantitative estimate of drug-likeness (QED) is 0.524. The van der Waals surface area contributed by atoms with Crippen LogP contribution in [0, 0.1) is 6.08 Å². The minimum atomic E-state index is -0.729. The van der Waals surface area contributed by atoms with E-state index in [0.717, 1.165) is 0 Å². The Morgan fingerprint density at radius 2 is 2.40 bits per heavy atom. The summed E-state index contributed by atoms with van der Waals surface area (Å²) >= 11 is 0. The molecular weight excluding hydrogens is 135 g/mol. The number of hydrogen-bond acceptors (Lipinski definition) is 3. The van der Waals surface area contributed by atoms with Crippen molar-refractivity contribution in [3.8, 4) is 0 Å². The lowest BCUT2D eigenvalue weighted by Gasteiger charge is -1.83. The van der Waals surface area contributed by atoms with E-state index in [0.29, 0.717) is 5.65 Å². The van der Waals surface area contributed by atoms with Crippen molar-refractivity contribution >= 4 is 5.65 Å². The second-order valence-corrected chi connectivity index (χ2v) is 1.76. The molecule has 0 radical (unpaired) electrons. The van der Waals surface area contributed by atoms with E-state index in [1.165, 1.54) is 17.0 Å². The van der Waals surface area contributed by atoms with Gasteiger partial charge >= 0.3 is 6.08 Å². The largest absolute Gasteiger partial charge is 0.328 e. The molecule has 0 spiro atoms. The summed E-state index contributed by atoms with van der Waals surface area (Å²) in [5.74, 6) is 0. The summed E-state index contributed by atoms with van der Waals surface area (Å²) in [5.41, 5.74) is 0.465. The zero-order valence-corrected chi connectivity index (χ0v) is 4.90. The molecule has 0 bridgehead atoms. The number of aromatic nitrogens is 4. The average Bonchev–Trinajstić information content (AvgIpc) is 2.27. The van der Waals surface area contributed by atoms with Gasteiger partial charge in [-0.25, -0.2) is 4.98 Å². The zero-order chi connectivity index (χ0) is 6.97. The van der Waals surface area contributed by atoms with Crippen molar-refractivity contribution in [2.45, 2.75) is 0 Å². The van der Waals surface area contributed by atoms with Gasteiger partial charge in [0.05, 0.1) is 0 Å². The van der Waals surface area contributed by atoms with E-state index in [1.54, 1.807) is 6.07 Å². The van der Waals surface area contributed by atoms with Gasteiger partial charge in [0.25, 0.3) is 0 Å². The van der Waals surface area contributed by atoms with Gasteiger partial charge in [-0.2, -0.15) is 13.9 Å². The highest BCUT2D eigenvalue weighted by atomic mass is 19.1. The molecule has 0 amide bonds. The molecule has 2 aromatic rings. The molecule has 10 heavy (non-hydrogen) atoms. The summed E-state index contributed by atoms with van der Waals surface area (Å²) in [5, 5.41) is 3.39. The maximum Gasteiger partial charge on any atom is 0.328 e. The Kier molecular flexibility index (Phi) is 0.913. The van der Waals surface area contributed by atoms with Crippen LogP contribution in [-0.2, 0) is 0 Å². The normalized spacial score (nSPS) is 10.5. The number of rotatable bonds is 0. The number of nitrogens with zero attached hydrogens (tertiary/aromatic N) is 4. The third-order valence-electron chi connectivity index (χ3n) is 1.12. The molecule has 0 aliphatic heterocycles. The maximum absolute atomic E-state index is 12.3. The van der Waals surface area contributed by atoms with Crippen LogP contribution >= 0.6 is 0 Å². The first-order valence-corrected chi connectivity index (χ1v) is 2.68. The molecule has 0 aromatic carbocycles. The second kappa shape index (κ2) is 1.73. The Morgan fingerprint density at radius 1 is 1.50 bits per heavy atom. The van der Waals surface area contributed by atoms with Crippen LogP contribution in [-0.4, -0.2) is 19.6 Å². The Balaban J connectivity index is 2.88. The second-order valence-electron chi connectivity index (χ2n) is 1.76. The summed E-state index contributed by atoms with van der Waals surface area (Å²) in [6.45, 7) is 0. The number of hydrogen-bond donors (Lipinski definition) is 0. The van der Waals surface area contributed by atoms with E-state index >= 15 is 0 Å². The summed E-state index contributed by atoms with van der Waals surface area (Å²) < 4.78 is 13.5. The summed E-state index contributed by atoms with van der Waals surface area (Å²) in [4.78, 5) is 7.18. The molecule has 2 heterocycles. The van der Waals surface area contributed by atoms with E-state index in [2.05, 4.69) is 15.1 Å². The lowest BCUT2D eigenvalue weighted by molar-refractivity contribution is 0.538. The standard InChI is InChI=1S/C5H3FN4/c6-5-8-4-1-2-7-3-10(4)9-5/h1-3H. The molecule has 50 valence electrons. The maximum atomic E-state index is 12.3. The molecule has 0 saturated carbocycles. The first-order valence-electron chi connectivity index (χ1n) is 2.68. The van der Waals surface area contributed by atoms with E-state index in [-0.39, 0.29) is 0 Å². The van der Waals surface area contributed by atoms with Crippen LogP contribution < -0.4 is 0 Å². The van der Waals surface area contributed by atoms with Crippen molar-refractivity contribution in [2.24, 2.45) is 0 Å². The molecule has 0 fully saturated rings. The van der Waals surface area contributed by atoms with Crippen molar-refractivity contribution in [3.05, 3.63) is 24.7 Å². The molecule has 0 aliphatic rings. The molecule has 0 aliphatic carbocycles. The SMILES string of the molecule is Fc1nc2ccncn2n1. The van der Waals surface area contributed by atoms with Crippen LogP contribution in [0.2, 0.25) is 0 Å². The third kappa shape index (κ3) is 0.637. The topological polar surface area (TPSA) is 43.1 Å². The Bertz CT molecular complexity index is 322. The predicted molar refractivity (Wildman–Crippen MR) is 30.7 cm³/mol. The first-order chi connectivity index (χ1) is 4.86. The molecule has 0 N–H and O–H groups in total. The third-order valence-corrected chi connectivity index (χ3v) is 1.12.